The van der Waals surface area contributed by atoms with Crippen LogP contribution in [-0.2, 0) is 6.54 Å². The lowest BCUT2D eigenvalue weighted by molar-refractivity contribution is 0.423. The van der Waals surface area contributed by atoms with Gasteiger partial charge in [-0.15, -0.1) is 0 Å². The van der Waals surface area contributed by atoms with Crippen LogP contribution in [0.15, 0.2) is 12.1 Å². The quantitative estimate of drug-likeness (QED) is 0.939. The van der Waals surface area contributed by atoms with Crippen molar-refractivity contribution in [2.24, 2.45) is 0 Å². The van der Waals surface area contributed by atoms with Crippen LogP contribution in [0.2, 0.25) is 5.02 Å². The van der Waals surface area contributed by atoms with E-state index in [2.05, 4.69) is 42.2 Å². The van der Waals surface area contributed by atoms with E-state index in [9.17, 15) is 0 Å². The van der Waals surface area contributed by atoms with Crippen LogP contribution in [-0.4, -0.2) is 20.3 Å². The van der Waals surface area contributed by atoms with Crippen LogP contribution in [0.5, 0.6) is 0 Å². The molecule has 0 aliphatic rings. The molecule has 0 unspecified atom stereocenters. The number of nitrogens with zero attached hydrogens (tertiary/aromatic N) is 3. The lowest BCUT2D eigenvalue weighted by Gasteiger charge is -2.21. The van der Waals surface area contributed by atoms with Crippen molar-refractivity contribution in [1.29, 1.82) is 0 Å². The lowest BCUT2D eigenvalue weighted by Crippen LogP contribution is -2.35. The van der Waals surface area contributed by atoms with Gasteiger partial charge in [-0.25, -0.2) is 9.67 Å². The minimum Gasteiger partial charge on any atom is -0.308 e. The molecule has 2 heterocycles. The second-order valence-corrected chi connectivity index (χ2v) is 6.79. The number of aryl methyl sites for hydroxylation is 2. The third-order valence-corrected chi connectivity index (χ3v) is 3.96. The number of aromatic nitrogens is 3. The van der Waals surface area contributed by atoms with Crippen molar-refractivity contribution < 1.29 is 0 Å². The summed E-state index contributed by atoms with van der Waals surface area (Å²) in [6.07, 6.45) is 0. The van der Waals surface area contributed by atoms with Crippen LogP contribution in [0, 0.1) is 20.8 Å². The molecule has 1 N–H and O–H groups in total. The predicted molar refractivity (Wildman–Crippen MR) is 87.2 cm³/mol. The second kappa shape index (κ2) is 5.78. The SMILES string of the molecule is Cc1nc(-n2nc(C)c(Cl)c2C)ccc1CNC(C)(C)C. The molecular formula is C16H23ClN4. The molecule has 0 atom stereocenters. The van der Waals surface area contributed by atoms with Gasteiger partial charge in [0.2, 0.25) is 0 Å². The molecule has 114 valence electrons. The van der Waals surface area contributed by atoms with Gasteiger partial charge in [-0.3, -0.25) is 0 Å². The Balaban J connectivity index is 2.28. The highest BCUT2D eigenvalue weighted by molar-refractivity contribution is 6.31. The van der Waals surface area contributed by atoms with Crippen molar-refractivity contribution in [3.8, 4) is 5.82 Å². The van der Waals surface area contributed by atoms with E-state index in [1.807, 2.05) is 26.8 Å². The Hall–Kier alpha value is -1.39. The van der Waals surface area contributed by atoms with Gasteiger partial charge in [0.25, 0.3) is 0 Å². The van der Waals surface area contributed by atoms with E-state index in [0.717, 1.165) is 29.4 Å². The van der Waals surface area contributed by atoms with E-state index in [1.165, 1.54) is 5.56 Å². The van der Waals surface area contributed by atoms with Gasteiger partial charge in [-0.05, 0) is 53.2 Å². The Morgan fingerprint density at radius 3 is 2.29 bits per heavy atom. The summed E-state index contributed by atoms with van der Waals surface area (Å²) < 4.78 is 1.80. The molecule has 0 aromatic carbocycles. The molecule has 21 heavy (non-hydrogen) atoms. The molecule has 2 aromatic heterocycles. The van der Waals surface area contributed by atoms with E-state index < -0.39 is 0 Å². The molecule has 0 radical (unpaired) electrons. The van der Waals surface area contributed by atoms with Crippen LogP contribution in [0.3, 0.4) is 0 Å². The summed E-state index contributed by atoms with van der Waals surface area (Å²) in [6.45, 7) is 13.2. The Kier molecular flexibility index (Phi) is 4.40. The first-order valence-corrected chi connectivity index (χ1v) is 7.50. The van der Waals surface area contributed by atoms with Gasteiger partial charge < -0.3 is 5.32 Å². The maximum atomic E-state index is 6.20. The summed E-state index contributed by atoms with van der Waals surface area (Å²) in [5.41, 5.74) is 4.04. The van der Waals surface area contributed by atoms with Gasteiger partial charge in [-0.1, -0.05) is 17.7 Å². The van der Waals surface area contributed by atoms with Crippen LogP contribution in [0.1, 0.15) is 43.4 Å². The van der Waals surface area contributed by atoms with Gasteiger partial charge in [0.15, 0.2) is 5.82 Å². The summed E-state index contributed by atoms with van der Waals surface area (Å²) in [7, 11) is 0. The summed E-state index contributed by atoms with van der Waals surface area (Å²) in [6, 6.07) is 4.09. The van der Waals surface area contributed by atoms with Crippen LogP contribution < -0.4 is 5.32 Å². The number of hydrogen-bond acceptors (Lipinski definition) is 3. The second-order valence-electron chi connectivity index (χ2n) is 6.41. The number of hydrogen-bond donors (Lipinski definition) is 1. The highest BCUT2D eigenvalue weighted by Gasteiger charge is 2.13. The van der Waals surface area contributed by atoms with Gasteiger partial charge in [0.1, 0.15) is 0 Å². The molecule has 0 saturated carbocycles. The Morgan fingerprint density at radius 2 is 1.81 bits per heavy atom. The summed E-state index contributed by atoms with van der Waals surface area (Å²) >= 11 is 6.20. The highest BCUT2D eigenvalue weighted by Crippen LogP contribution is 2.22. The van der Waals surface area contributed by atoms with Crippen LogP contribution >= 0.6 is 11.6 Å². The molecule has 0 aliphatic carbocycles. The molecule has 4 nitrogen and oxygen atoms in total. The average molecular weight is 307 g/mol. The Morgan fingerprint density at radius 1 is 1.14 bits per heavy atom. The van der Waals surface area contributed by atoms with Gasteiger partial charge in [0, 0.05) is 17.8 Å². The maximum Gasteiger partial charge on any atom is 0.153 e. The molecule has 2 aromatic rings. The molecule has 0 fully saturated rings. The summed E-state index contributed by atoms with van der Waals surface area (Å²) in [5, 5.41) is 8.62. The van der Waals surface area contributed by atoms with Crippen molar-refractivity contribution in [3.63, 3.8) is 0 Å². The number of halogens is 1. The molecule has 2 rings (SSSR count). The predicted octanol–water partition coefficient (Wildman–Crippen LogP) is 3.73. The van der Waals surface area contributed by atoms with Crippen LogP contribution in [0.4, 0.5) is 0 Å². The van der Waals surface area contributed by atoms with Gasteiger partial charge in [0.05, 0.1) is 16.4 Å². The maximum absolute atomic E-state index is 6.20. The first-order valence-electron chi connectivity index (χ1n) is 7.12. The molecular weight excluding hydrogens is 284 g/mol. The Bertz CT molecular complexity index is 653. The average Bonchev–Trinajstić information content (AvgIpc) is 2.64. The van der Waals surface area contributed by atoms with E-state index in [1.54, 1.807) is 4.68 Å². The summed E-state index contributed by atoms with van der Waals surface area (Å²) in [5.74, 6) is 0.805. The van der Waals surface area contributed by atoms with E-state index in [0.29, 0.717) is 5.02 Å². The van der Waals surface area contributed by atoms with Crippen molar-refractivity contribution in [2.45, 2.75) is 53.6 Å². The fourth-order valence-electron chi connectivity index (χ4n) is 2.09. The molecule has 5 heteroatoms. The first-order chi connectivity index (χ1) is 9.69. The number of pyridine rings is 1. The molecule has 0 bridgehead atoms. The number of nitrogens with one attached hydrogen (secondary N) is 1. The zero-order valence-electron chi connectivity index (χ0n) is 13.6. The number of rotatable bonds is 3. The monoisotopic (exact) mass is 306 g/mol. The van der Waals surface area contributed by atoms with Crippen molar-refractivity contribution in [2.75, 3.05) is 0 Å². The largest absolute Gasteiger partial charge is 0.308 e. The summed E-state index contributed by atoms with van der Waals surface area (Å²) in [4.78, 5) is 4.66. The Labute approximate surface area is 131 Å². The normalized spacial score (nSPS) is 12.0. The topological polar surface area (TPSA) is 42.7 Å². The van der Waals surface area contributed by atoms with E-state index in [-0.39, 0.29) is 5.54 Å². The van der Waals surface area contributed by atoms with E-state index >= 15 is 0 Å². The smallest absolute Gasteiger partial charge is 0.153 e. The third kappa shape index (κ3) is 3.63. The van der Waals surface area contributed by atoms with E-state index in [4.69, 9.17) is 11.6 Å². The fourth-order valence-corrected chi connectivity index (χ4v) is 2.21. The van der Waals surface area contributed by atoms with Crippen LogP contribution in [0.25, 0.3) is 5.82 Å². The molecule has 0 spiro atoms. The van der Waals surface area contributed by atoms with Crippen molar-refractivity contribution >= 4 is 11.6 Å². The lowest BCUT2D eigenvalue weighted by atomic mass is 10.1. The fraction of sp³-hybridized carbons (Fsp3) is 0.500. The van der Waals surface area contributed by atoms with Crippen molar-refractivity contribution in [1.82, 2.24) is 20.1 Å². The molecule has 0 saturated heterocycles. The van der Waals surface area contributed by atoms with Crippen molar-refractivity contribution in [3.05, 3.63) is 39.8 Å². The minimum atomic E-state index is 0.0916. The standard InChI is InChI=1S/C16H23ClN4/c1-10-13(9-18-16(4,5)6)7-8-14(19-10)21-12(3)15(17)11(2)20-21/h7-8,18H,9H2,1-6H3. The molecule has 0 aliphatic heterocycles. The molecule has 0 amide bonds. The zero-order chi connectivity index (χ0) is 15.8. The minimum absolute atomic E-state index is 0.0916. The third-order valence-electron chi connectivity index (χ3n) is 3.41. The zero-order valence-corrected chi connectivity index (χ0v) is 14.3. The van der Waals surface area contributed by atoms with Gasteiger partial charge in [-0.2, -0.15) is 5.10 Å². The highest BCUT2D eigenvalue weighted by atomic mass is 35.5. The first kappa shape index (κ1) is 16.0. The van der Waals surface area contributed by atoms with Gasteiger partial charge >= 0.3 is 0 Å².